The molecule has 0 saturated carbocycles. The minimum Gasteiger partial charge on any atom is -0.366 e. The quantitative estimate of drug-likeness (QED) is 0.603. The summed E-state index contributed by atoms with van der Waals surface area (Å²) >= 11 is 0. The summed E-state index contributed by atoms with van der Waals surface area (Å²) in [5.74, 6) is 0. The van der Waals surface area contributed by atoms with Gasteiger partial charge in [-0.1, -0.05) is 0 Å². The molecule has 0 aromatic heterocycles. The molecule has 5 heteroatoms. The molecule has 0 heterocycles. The Morgan fingerprint density at radius 2 is 2.07 bits per heavy atom. The second-order valence-electron chi connectivity index (χ2n) is 2.77. The largest absolute Gasteiger partial charge is 0.366 e. The fourth-order valence-corrected chi connectivity index (χ4v) is 0.815. The number of aliphatic hydroxyl groups excluding tert-OH is 1. The fraction of sp³-hybridized carbons (Fsp3) is 0.889. The lowest BCUT2D eigenvalue weighted by Gasteiger charge is -2.19. The molecule has 3 unspecified atom stereocenters. The highest BCUT2D eigenvalue weighted by atomic mass is 19.1. The predicted molar refractivity (Wildman–Crippen MR) is 49.3 cm³/mol. The Morgan fingerprint density at radius 3 is 2.57 bits per heavy atom. The van der Waals surface area contributed by atoms with Crippen LogP contribution in [0.4, 0.5) is 4.39 Å². The Bertz CT molecular complexity index is 134. The fourth-order valence-electron chi connectivity index (χ4n) is 0.815. The third-order valence-corrected chi connectivity index (χ3v) is 1.39. The number of alkyl halides is 1. The number of halogens is 1. The summed E-state index contributed by atoms with van der Waals surface area (Å²) in [5.41, 5.74) is 0. The highest BCUT2D eigenvalue weighted by Crippen LogP contribution is 2.01. The van der Waals surface area contributed by atoms with E-state index in [0.717, 1.165) is 0 Å². The summed E-state index contributed by atoms with van der Waals surface area (Å²) < 4.78 is 26.7. The summed E-state index contributed by atoms with van der Waals surface area (Å²) in [6, 6.07) is 0. The Labute approximate surface area is 84.0 Å². The van der Waals surface area contributed by atoms with Gasteiger partial charge in [0, 0.05) is 13.5 Å². The lowest BCUT2D eigenvalue weighted by molar-refractivity contribution is -0.179. The van der Waals surface area contributed by atoms with Crippen molar-refractivity contribution in [2.24, 2.45) is 0 Å². The number of rotatable bonds is 8. The maximum absolute atomic E-state index is 11.8. The molecule has 1 radical (unpaired) electrons. The van der Waals surface area contributed by atoms with Crippen molar-refractivity contribution in [3.05, 3.63) is 6.92 Å². The van der Waals surface area contributed by atoms with Gasteiger partial charge in [-0.2, -0.15) is 0 Å². The zero-order valence-corrected chi connectivity index (χ0v) is 8.61. The smallest absolute Gasteiger partial charge is 0.183 e. The van der Waals surface area contributed by atoms with Crippen molar-refractivity contribution in [1.82, 2.24) is 0 Å². The highest BCUT2D eigenvalue weighted by Gasteiger charge is 2.11. The van der Waals surface area contributed by atoms with Crippen molar-refractivity contribution in [2.45, 2.75) is 32.5 Å². The first-order chi connectivity index (χ1) is 6.60. The van der Waals surface area contributed by atoms with Crippen LogP contribution in [0.25, 0.3) is 0 Å². The van der Waals surface area contributed by atoms with Gasteiger partial charge in [0.05, 0.1) is 12.7 Å². The second-order valence-corrected chi connectivity index (χ2v) is 2.77. The van der Waals surface area contributed by atoms with Gasteiger partial charge in [-0.25, -0.2) is 4.39 Å². The average molecular weight is 209 g/mol. The number of hydrogen-bond acceptors (Lipinski definition) is 4. The van der Waals surface area contributed by atoms with Gasteiger partial charge in [-0.3, -0.25) is 0 Å². The molecule has 0 bridgehead atoms. The molecule has 0 rings (SSSR count). The van der Waals surface area contributed by atoms with E-state index in [1.165, 1.54) is 0 Å². The van der Waals surface area contributed by atoms with Crippen LogP contribution in [0, 0.1) is 6.92 Å². The van der Waals surface area contributed by atoms with Crippen LogP contribution in [0.5, 0.6) is 0 Å². The molecule has 0 aromatic carbocycles. The monoisotopic (exact) mass is 209 g/mol. The number of aliphatic hydroxyl groups is 1. The highest BCUT2D eigenvalue weighted by molar-refractivity contribution is 4.53. The molecule has 0 aliphatic heterocycles. The van der Waals surface area contributed by atoms with E-state index in [1.54, 1.807) is 6.92 Å². The van der Waals surface area contributed by atoms with E-state index in [2.05, 4.69) is 6.92 Å². The van der Waals surface area contributed by atoms with E-state index in [-0.39, 0.29) is 12.7 Å². The van der Waals surface area contributed by atoms with Gasteiger partial charge >= 0.3 is 0 Å². The molecule has 1 N–H and O–H groups in total. The maximum atomic E-state index is 11.8. The molecular formula is C9H18FO4. The van der Waals surface area contributed by atoms with Crippen LogP contribution in [-0.2, 0) is 14.2 Å². The summed E-state index contributed by atoms with van der Waals surface area (Å²) in [7, 11) is 0. The van der Waals surface area contributed by atoms with E-state index in [9.17, 15) is 4.39 Å². The van der Waals surface area contributed by atoms with Gasteiger partial charge in [-0.15, -0.1) is 0 Å². The van der Waals surface area contributed by atoms with Crippen LogP contribution >= 0.6 is 0 Å². The molecule has 85 valence electrons. The van der Waals surface area contributed by atoms with Gasteiger partial charge in [0.1, 0.15) is 6.67 Å². The molecule has 14 heavy (non-hydrogen) atoms. The molecule has 3 atom stereocenters. The van der Waals surface area contributed by atoms with Gasteiger partial charge in [0.15, 0.2) is 12.6 Å². The zero-order valence-electron chi connectivity index (χ0n) is 8.61. The lowest BCUT2D eigenvalue weighted by Crippen LogP contribution is -2.27. The minimum atomic E-state index is -1.38. The zero-order chi connectivity index (χ0) is 11.0. The van der Waals surface area contributed by atoms with Crippen LogP contribution in [0.2, 0.25) is 0 Å². The summed E-state index contributed by atoms with van der Waals surface area (Å²) in [4.78, 5) is 0. The molecular weight excluding hydrogens is 191 g/mol. The van der Waals surface area contributed by atoms with E-state index in [4.69, 9.17) is 19.3 Å². The van der Waals surface area contributed by atoms with Crippen molar-refractivity contribution in [2.75, 3.05) is 19.9 Å². The summed E-state index contributed by atoms with van der Waals surface area (Å²) in [5, 5.41) is 8.74. The normalized spacial score (nSPS) is 17.8. The first-order valence-electron chi connectivity index (χ1n) is 4.55. The van der Waals surface area contributed by atoms with Crippen molar-refractivity contribution in [1.29, 1.82) is 0 Å². The third kappa shape index (κ3) is 7.20. The average Bonchev–Trinajstić information content (AvgIpc) is 2.14. The first kappa shape index (κ1) is 13.8. The van der Waals surface area contributed by atoms with Crippen LogP contribution in [0.3, 0.4) is 0 Å². The molecule has 0 aromatic rings. The lowest BCUT2D eigenvalue weighted by atomic mass is 10.4. The topological polar surface area (TPSA) is 47.9 Å². The number of hydrogen-bond donors (Lipinski definition) is 1. The summed E-state index contributed by atoms with van der Waals surface area (Å²) in [6.45, 7) is 6.82. The van der Waals surface area contributed by atoms with Crippen molar-refractivity contribution in [3.8, 4) is 0 Å². The summed E-state index contributed by atoms with van der Waals surface area (Å²) in [6.07, 6.45) is -2.25. The Hall–Kier alpha value is -0.230. The van der Waals surface area contributed by atoms with Gasteiger partial charge in [-0.05, 0) is 13.8 Å². The molecule has 0 aliphatic rings. The van der Waals surface area contributed by atoms with Crippen LogP contribution in [-0.4, -0.2) is 43.7 Å². The standard InChI is InChI=1S/C9H18FO4/c1-4-12-8(3)14-7(2)6-13-9(11)5-10/h7-9,11H,3-6H2,1-2H3. The van der Waals surface area contributed by atoms with Gasteiger partial charge in [0.2, 0.25) is 0 Å². The van der Waals surface area contributed by atoms with Crippen molar-refractivity contribution >= 4 is 0 Å². The Kier molecular flexibility index (Phi) is 7.98. The van der Waals surface area contributed by atoms with Crippen LogP contribution in [0.15, 0.2) is 0 Å². The minimum absolute atomic E-state index is 0.101. The van der Waals surface area contributed by atoms with Crippen LogP contribution < -0.4 is 0 Å². The molecule has 0 spiro atoms. The first-order valence-corrected chi connectivity index (χ1v) is 4.55. The molecule has 0 saturated heterocycles. The SMILES string of the molecule is [CH2]C(OCC)OC(C)COC(O)CF. The van der Waals surface area contributed by atoms with Crippen LogP contribution in [0.1, 0.15) is 13.8 Å². The molecule has 4 nitrogen and oxygen atoms in total. The Morgan fingerprint density at radius 1 is 1.43 bits per heavy atom. The molecule has 0 aliphatic carbocycles. The van der Waals surface area contributed by atoms with Gasteiger partial charge < -0.3 is 19.3 Å². The molecule has 0 fully saturated rings. The van der Waals surface area contributed by atoms with Crippen molar-refractivity contribution < 1.29 is 23.7 Å². The Balaban J connectivity index is 3.49. The number of ether oxygens (including phenoxy) is 3. The van der Waals surface area contributed by atoms with E-state index < -0.39 is 19.3 Å². The predicted octanol–water partition coefficient (Wildman–Crippen LogP) is 0.893. The van der Waals surface area contributed by atoms with E-state index in [0.29, 0.717) is 6.61 Å². The maximum Gasteiger partial charge on any atom is 0.183 e. The van der Waals surface area contributed by atoms with Gasteiger partial charge in [0.25, 0.3) is 0 Å². The third-order valence-electron chi connectivity index (χ3n) is 1.39. The van der Waals surface area contributed by atoms with Crippen molar-refractivity contribution in [3.63, 3.8) is 0 Å². The second kappa shape index (κ2) is 8.11. The van der Waals surface area contributed by atoms with E-state index >= 15 is 0 Å². The van der Waals surface area contributed by atoms with E-state index in [1.807, 2.05) is 6.92 Å². The molecule has 0 amide bonds.